The van der Waals surface area contributed by atoms with Gasteiger partial charge in [-0.3, -0.25) is 4.79 Å². The third kappa shape index (κ3) is 5.27. The zero-order valence-electron chi connectivity index (χ0n) is 16.2. The standard InChI is InChI=1S/C22H26ClNO3/c1-13(2)17-10-16(27-12-22(26)24-5)11-20(23)19(17)9-15-6-7-21(25)18(8-15)14(3)4/h6-8,10-11,14,25H,1,9,12H2,2-5H3,(H,24,26). The van der Waals surface area contributed by atoms with Crippen molar-refractivity contribution in [1.82, 2.24) is 5.32 Å². The number of aromatic hydroxyl groups is 1. The third-order valence-corrected chi connectivity index (χ3v) is 4.71. The Hall–Kier alpha value is -2.46. The molecule has 0 heterocycles. The maximum absolute atomic E-state index is 11.4. The predicted octanol–water partition coefficient (Wildman–Crippen LogP) is 4.92. The van der Waals surface area contributed by atoms with E-state index < -0.39 is 0 Å². The third-order valence-electron chi connectivity index (χ3n) is 4.37. The summed E-state index contributed by atoms with van der Waals surface area (Å²) in [6.45, 7) is 9.98. The van der Waals surface area contributed by atoms with Gasteiger partial charge in [-0.1, -0.05) is 49.7 Å². The van der Waals surface area contributed by atoms with Crippen molar-refractivity contribution in [2.75, 3.05) is 13.7 Å². The maximum atomic E-state index is 11.4. The Morgan fingerprint density at radius 1 is 1.30 bits per heavy atom. The molecule has 0 atom stereocenters. The molecule has 5 heteroatoms. The zero-order chi connectivity index (χ0) is 20.1. The number of hydrogen-bond donors (Lipinski definition) is 2. The lowest BCUT2D eigenvalue weighted by atomic mass is 9.93. The summed E-state index contributed by atoms with van der Waals surface area (Å²) in [5.74, 6) is 0.843. The molecule has 4 nitrogen and oxygen atoms in total. The van der Waals surface area contributed by atoms with Crippen LogP contribution in [0.2, 0.25) is 5.02 Å². The highest BCUT2D eigenvalue weighted by Crippen LogP contribution is 2.34. The van der Waals surface area contributed by atoms with E-state index in [9.17, 15) is 9.90 Å². The van der Waals surface area contributed by atoms with E-state index in [0.717, 1.165) is 27.8 Å². The van der Waals surface area contributed by atoms with Crippen molar-refractivity contribution in [2.45, 2.75) is 33.1 Å². The van der Waals surface area contributed by atoms with Crippen LogP contribution in [0.3, 0.4) is 0 Å². The number of halogens is 1. The summed E-state index contributed by atoms with van der Waals surface area (Å²) >= 11 is 6.54. The highest BCUT2D eigenvalue weighted by molar-refractivity contribution is 6.31. The largest absolute Gasteiger partial charge is 0.508 e. The van der Waals surface area contributed by atoms with E-state index >= 15 is 0 Å². The lowest BCUT2D eigenvalue weighted by Crippen LogP contribution is -2.24. The summed E-state index contributed by atoms with van der Waals surface area (Å²) in [6, 6.07) is 9.20. The van der Waals surface area contributed by atoms with Gasteiger partial charge < -0.3 is 15.2 Å². The monoisotopic (exact) mass is 387 g/mol. The highest BCUT2D eigenvalue weighted by Gasteiger charge is 2.14. The minimum absolute atomic E-state index is 0.0719. The Kier molecular flexibility index (Phi) is 6.92. The summed E-state index contributed by atoms with van der Waals surface area (Å²) in [5, 5.41) is 13.1. The lowest BCUT2D eigenvalue weighted by Gasteiger charge is -2.16. The van der Waals surface area contributed by atoms with Crippen LogP contribution in [0, 0.1) is 0 Å². The molecule has 0 unspecified atom stereocenters. The number of hydrogen-bond acceptors (Lipinski definition) is 3. The number of rotatable bonds is 7. The highest BCUT2D eigenvalue weighted by atomic mass is 35.5. The van der Waals surface area contributed by atoms with E-state index in [1.165, 1.54) is 0 Å². The molecule has 0 radical (unpaired) electrons. The van der Waals surface area contributed by atoms with Gasteiger partial charge in [0.25, 0.3) is 5.91 Å². The molecular formula is C22H26ClNO3. The van der Waals surface area contributed by atoms with Crippen LogP contribution in [0.15, 0.2) is 36.9 Å². The molecule has 0 fully saturated rings. The molecule has 0 aliphatic rings. The average molecular weight is 388 g/mol. The van der Waals surface area contributed by atoms with Crippen LogP contribution in [-0.4, -0.2) is 24.7 Å². The van der Waals surface area contributed by atoms with E-state index in [1.54, 1.807) is 19.2 Å². The van der Waals surface area contributed by atoms with Crippen LogP contribution < -0.4 is 10.1 Å². The number of carbonyl (C=O) groups excluding carboxylic acids is 1. The molecular weight excluding hydrogens is 362 g/mol. The quantitative estimate of drug-likeness (QED) is 0.709. The molecule has 27 heavy (non-hydrogen) atoms. The SMILES string of the molecule is C=C(C)c1cc(OCC(=O)NC)cc(Cl)c1Cc1ccc(O)c(C(C)C)c1. The Morgan fingerprint density at radius 2 is 2.00 bits per heavy atom. The summed E-state index contributed by atoms with van der Waals surface area (Å²) < 4.78 is 5.53. The number of phenolic OH excluding ortho intramolecular Hbond substituents is 1. The van der Waals surface area contributed by atoms with Crippen molar-refractivity contribution in [3.63, 3.8) is 0 Å². The van der Waals surface area contributed by atoms with Crippen LogP contribution in [0.5, 0.6) is 11.5 Å². The number of benzene rings is 2. The van der Waals surface area contributed by atoms with Gasteiger partial charge in [0.2, 0.25) is 0 Å². The number of amides is 1. The Morgan fingerprint density at radius 3 is 2.59 bits per heavy atom. The summed E-state index contributed by atoms with van der Waals surface area (Å²) in [4.78, 5) is 11.4. The fourth-order valence-electron chi connectivity index (χ4n) is 2.86. The van der Waals surface area contributed by atoms with Gasteiger partial charge in [0.15, 0.2) is 6.61 Å². The van der Waals surface area contributed by atoms with Gasteiger partial charge in [0.05, 0.1) is 0 Å². The number of phenols is 1. The molecule has 0 saturated carbocycles. The smallest absolute Gasteiger partial charge is 0.257 e. The van der Waals surface area contributed by atoms with Crippen molar-refractivity contribution in [3.05, 3.63) is 64.2 Å². The van der Waals surface area contributed by atoms with Gasteiger partial charge in [0.1, 0.15) is 11.5 Å². The van der Waals surface area contributed by atoms with Crippen LogP contribution in [0.4, 0.5) is 0 Å². The van der Waals surface area contributed by atoms with Crippen molar-refractivity contribution in [3.8, 4) is 11.5 Å². The normalized spacial score (nSPS) is 10.7. The van der Waals surface area contributed by atoms with E-state index in [2.05, 4.69) is 11.9 Å². The molecule has 0 bridgehead atoms. The number of nitrogens with one attached hydrogen (secondary N) is 1. The van der Waals surface area contributed by atoms with Gasteiger partial charge in [-0.15, -0.1) is 0 Å². The molecule has 2 N–H and O–H groups in total. The molecule has 0 saturated heterocycles. The fourth-order valence-corrected chi connectivity index (χ4v) is 3.13. The van der Waals surface area contributed by atoms with Crippen LogP contribution in [-0.2, 0) is 11.2 Å². The second kappa shape index (κ2) is 8.96. The van der Waals surface area contributed by atoms with Crippen molar-refractivity contribution < 1.29 is 14.6 Å². The number of likely N-dealkylation sites (N-methyl/N-ethyl adjacent to an activating group) is 1. The molecule has 1 amide bonds. The molecule has 2 aromatic rings. The van der Waals surface area contributed by atoms with E-state index in [-0.39, 0.29) is 18.4 Å². The van der Waals surface area contributed by atoms with E-state index in [0.29, 0.717) is 22.9 Å². The number of carbonyl (C=O) groups is 1. The number of allylic oxidation sites excluding steroid dienone is 1. The minimum atomic E-state index is -0.211. The Bertz CT molecular complexity index is 859. The molecule has 0 spiro atoms. The summed E-state index contributed by atoms with van der Waals surface area (Å²) in [7, 11) is 1.56. The van der Waals surface area contributed by atoms with Gasteiger partial charge in [0, 0.05) is 12.1 Å². The van der Waals surface area contributed by atoms with Gasteiger partial charge >= 0.3 is 0 Å². The van der Waals surface area contributed by atoms with Gasteiger partial charge in [-0.05, 0) is 59.7 Å². The van der Waals surface area contributed by atoms with Crippen molar-refractivity contribution in [2.24, 2.45) is 0 Å². The number of ether oxygens (including phenoxy) is 1. The second-order valence-electron chi connectivity index (χ2n) is 6.90. The van der Waals surface area contributed by atoms with Crippen molar-refractivity contribution in [1.29, 1.82) is 0 Å². The lowest BCUT2D eigenvalue weighted by molar-refractivity contribution is -0.122. The molecule has 2 aromatic carbocycles. The Balaban J connectivity index is 2.37. The Labute approximate surface area is 165 Å². The first-order chi connectivity index (χ1) is 12.7. The first-order valence-corrected chi connectivity index (χ1v) is 9.24. The van der Waals surface area contributed by atoms with Gasteiger partial charge in [-0.2, -0.15) is 0 Å². The molecule has 2 rings (SSSR count). The molecule has 0 aromatic heterocycles. The van der Waals surface area contributed by atoms with E-state index in [1.807, 2.05) is 39.0 Å². The molecule has 0 aliphatic heterocycles. The topological polar surface area (TPSA) is 58.6 Å². The fraction of sp³-hybridized carbons (Fsp3) is 0.318. The average Bonchev–Trinajstić information content (AvgIpc) is 2.62. The first-order valence-electron chi connectivity index (χ1n) is 8.86. The van der Waals surface area contributed by atoms with E-state index in [4.69, 9.17) is 16.3 Å². The summed E-state index contributed by atoms with van der Waals surface area (Å²) in [6.07, 6.45) is 0.608. The van der Waals surface area contributed by atoms with Crippen LogP contribution >= 0.6 is 11.6 Å². The molecule has 0 aliphatic carbocycles. The van der Waals surface area contributed by atoms with Gasteiger partial charge in [-0.25, -0.2) is 0 Å². The zero-order valence-corrected chi connectivity index (χ0v) is 17.0. The summed E-state index contributed by atoms with van der Waals surface area (Å²) in [5.41, 5.74) is 4.66. The minimum Gasteiger partial charge on any atom is -0.508 e. The first kappa shape index (κ1) is 20.8. The predicted molar refractivity (Wildman–Crippen MR) is 111 cm³/mol. The maximum Gasteiger partial charge on any atom is 0.257 e. The van der Waals surface area contributed by atoms with Crippen LogP contribution in [0.25, 0.3) is 5.57 Å². The second-order valence-corrected chi connectivity index (χ2v) is 7.31. The van der Waals surface area contributed by atoms with Crippen molar-refractivity contribution >= 4 is 23.1 Å². The molecule has 144 valence electrons. The van der Waals surface area contributed by atoms with Crippen LogP contribution in [0.1, 0.15) is 48.9 Å².